The number of ketones is 1. The van der Waals surface area contributed by atoms with Crippen LogP contribution in [0.1, 0.15) is 80.8 Å². The summed E-state index contributed by atoms with van der Waals surface area (Å²) in [6.45, 7) is 3.32. The molecule has 0 aliphatic rings. The fraction of sp³-hybridized carbons (Fsp3) is 0.448. The maximum absolute atomic E-state index is 12.4. The number of unbranched alkanes of at least 4 members (excludes halogenated alkanes) is 5. The van der Waals surface area contributed by atoms with Crippen molar-refractivity contribution in [2.24, 2.45) is 7.05 Å². The highest BCUT2D eigenvalue weighted by atomic mass is 79.9. The van der Waals surface area contributed by atoms with Crippen molar-refractivity contribution < 1.29 is 35.5 Å². The lowest BCUT2D eigenvalue weighted by molar-refractivity contribution is -0.671. The van der Waals surface area contributed by atoms with Gasteiger partial charge < -0.3 is 26.1 Å². The summed E-state index contributed by atoms with van der Waals surface area (Å²) >= 11 is 0. The van der Waals surface area contributed by atoms with Crippen LogP contribution in [0.4, 0.5) is 0 Å². The number of furan rings is 1. The van der Waals surface area contributed by atoms with E-state index in [1.165, 1.54) is 51.0 Å². The minimum Gasteiger partial charge on any atom is -1.00 e. The summed E-state index contributed by atoms with van der Waals surface area (Å²) in [6, 6.07) is 11.1. The molecule has 0 fully saturated rings. The minimum atomic E-state index is -0.0452. The highest BCUT2D eigenvalue weighted by molar-refractivity contribution is 6.06. The van der Waals surface area contributed by atoms with Crippen molar-refractivity contribution in [2.75, 3.05) is 0 Å². The van der Waals surface area contributed by atoms with Gasteiger partial charge in [-0.25, -0.2) is 9.13 Å². The molecule has 5 nitrogen and oxygen atoms in total. The molecule has 1 atom stereocenters. The van der Waals surface area contributed by atoms with E-state index in [2.05, 4.69) is 41.8 Å². The van der Waals surface area contributed by atoms with Gasteiger partial charge in [0.2, 0.25) is 6.33 Å². The summed E-state index contributed by atoms with van der Waals surface area (Å²) in [4.78, 5) is 12.4. The van der Waals surface area contributed by atoms with E-state index in [1.807, 2.05) is 30.3 Å². The molecule has 0 spiro atoms. The number of benzene rings is 1. The molecule has 0 N–H and O–H groups in total. The summed E-state index contributed by atoms with van der Waals surface area (Å²) in [5.41, 5.74) is 0.647. The van der Waals surface area contributed by atoms with Gasteiger partial charge in [-0.3, -0.25) is 4.79 Å². The van der Waals surface area contributed by atoms with Gasteiger partial charge in [-0.1, -0.05) is 32.6 Å². The third kappa shape index (κ3) is 10.7. The molecule has 2 aromatic heterocycles. The molecule has 0 saturated heterocycles. The van der Waals surface area contributed by atoms with Crippen molar-refractivity contribution in [3.63, 3.8) is 0 Å². The lowest BCUT2D eigenvalue weighted by Crippen LogP contribution is -3.00. The van der Waals surface area contributed by atoms with E-state index in [0.29, 0.717) is 11.3 Å². The molecule has 1 unspecified atom stereocenters. The van der Waals surface area contributed by atoms with Crippen LogP contribution < -0.4 is 26.3 Å². The van der Waals surface area contributed by atoms with Gasteiger partial charge in [0, 0.05) is 5.56 Å². The van der Waals surface area contributed by atoms with Crippen LogP contribution in [-0.4, -0.2) is 16.5 Å². The van der Waals surface area contributed by atoms with Crippen LogP contribution in [0.5, 0.6) is 5.75 Å². The highest BCUT2D eigenvalue weighted by Gasteiger charge is 2.11. The van der Waals surface area contributed by atoms with Gasteiger partial charge in [-0.05, 0) is 80.7 Å². The molecule has 2 heterocycles. The molecule has 0 saturated carbocycles. The van der Waals surface area contributed by atoms with E-state index in [9.17, 15) is 4.79 Å². The summed E-state index contributed by atoms with van der Waals surface area (Å²) in [6.07, 6.45) is 22.1. The molecule has 35 heavy (non-hydrogen) atoms. The minimum absolute atomic E-state index is 0. The normalized spacial score (nSPS) is 11.9. The predicted octanol–water partition coefficient (Wildman–Crippen LogP) is 3.78. The zero-order valence-corrected chi connectivity index (χ0v) is 22.7. The number of nitrogens with zero attached hydrogens (tertiary/aromatic N) is 2. The monoisotopic (exact) mass is 542 g/mol. The first-order valence-electron chi connectivity index (χ1n) is 12.7. The van der Waals surface area contributed by atoms with Crippen molar-refractivity contribution in [1.82, 2.24) is 4.57 Å². The Labute approximate surface area is 220 Å². The van der Waals surface area contributed by atoms with Gasteiger partial charge in [-0.15, -0.1) is 0 Å². The van der Waals surface area contributed by atoms with Crippen LogP contribution >= 0.6 is 0 Å². The largest absolute Gasteiger partial charge is 1.00 e. The fourth-order valence-electron chi connectivity index (χ4n) is 4.06. The van der Waals surface area contributed by atoms with Crippen molar-refractivity contribution in [2.45, 2.75) is 77.4 Å². The smallest absolute Gasteiger partial charge is 0.243 e. The molecular weight excluding hydrogens is 504 g/mol. The number of halogens is 1. The molecule has 3 aromatic rings. The predicted molar refractivity (Wildman–Crippen MR) is 136 cm³/mol. The van der Waals surface area contributed by atoms with E-state index in [4.69, 9.17) is 9.15 Å². The number of carbonyl (C=O) groups excluding carboxylic acids is 1. The Balaban J connectivity index is 0.00000432. The van der Waals surface area contributed by atoms with Crippen LogP contribution in [0.2, 0.25) is 0 Å². The maximum Gasteiger partial charge on any atom is 0.243 e. The standard InChI is InChI=1S/C29H39N2O3.BrH/c1-3-4-11-27(12-8-6-5-7-9-20-31-22-21-30(2)24-31)34-28-16-14-25(15-17-28)29(32)19-18-26-13-10-23-33-26;/h10,13-19,21-24,27H,3-9,11-12,20H2,1-2H3;1H/q+1;/p-1/b19-18+;. The van der Waals surface area contributed by atoms with Crippen LogP contribution in [0.25, 0.3) is 6.08 Å². The molecule has 6 heteroatoms. The number of allylic oxidation sites excluding steroid dienone is 1. The average Bonchev–Trinajstić information content (AvgIpc) is 3.52. The molecule has 1 aromatic carbocycles. The first kappa shape index (κ1) is 28.6. The van der Waals surface area contributed by atoms with E-state index >= 15 is 0 Å². The first-order chi connectivity index (χ1) is 16.6. The summed E-state index contributed by atoms with van der Waals surface area (Å²) in [7, 11) is 2.06. The number of ether oxygens (including phenoxy) is 1. The average molecular weight is 544 g/mol. The number of rotatable bonds is 16. The Bertz CT molecular complexity index is 993. The Morgan fingerprint density at radius 2 is 1.80 bits per heavy atom. The number of aromatic nitrogens is 2. The first-order valence-corrected chi connectivity index (χ1v) is 12.7. The number of hydrogen-bond donors (Lipinski definition) is 0. The second kappa shape index (κ2) is 16.1. The lowest BCUT2D eigenvalue weighted by Gasteiger charge is -2.19. The van der Waals surface area contributed by atoms with Crippen LogP contribution in [0, 0.1) is 0 Å². The number of aryl methyl sites for hydroxylation is 2. The van der Waals surface area contributed by atoms with Crippen LogP contribution in [-0.2, 0) is 13.6 Å². The van der Waals surface area contributed by atoms with Crippen LogP contribution in [0.3, 0.4) is 0 Å². The van der Waals surface area contributed by atoms with E-state index in [1.54, 1.807) is 18.4 Å². The maximum atomic E-state index is 12.4. The SMILES string of the molecule is CCCCC(CCCCCCCn1cc[n+](C)c1)Oc1ccc(C(=O)/C=C/c2ccco2)cc1.[Br-]. The fourth-order valence-corrected chi connectivity index (χ4v) is 4.06. The Hall–Kier alpha value is -2.60. The Morgan fingerprint density at radius 1 is 1.06 bits per heavy atom. The lowest BCUT2D eigenvalue weighted by atomic mass is 10.0. The van der Waals surface area contributed by atoms with Gasteiger partial charge >= 0.3 is 0 Å². The Kier molecular flexibility index (Phi) is 13.2. The summed E-state index contributed by atoms with van der Waals surface area (Å²) in [5, 5.41) is 0. The van der Waals surface area contributed by atoms with Crippen molar-refractivity contribution in [3.8, 4) is 5.75 Å². The quantitative estimate of drug-likeness (QED) is 0.120. The van der Waals surface area contributed by atoms with Gasteiger partial charge in [0.15, 0.2) is 5.78 Å². The molecule has 0 bridgehead atoms. The molecule has 0 amide bonds. The third-order valence-corrected chi connectivity index (χ3v) is 6.03. The van der Waals surface area contributed by atoms with Crippen molar-refractivity contribution in [3.05, 3.63) is 78.8 Å². The molecule has 190 valence electrons. The zero-order chi connectivity index (χ0) is 24.0. The van der Waals surface area contributed by atoms with Crippen molar-refractivity contribution >= 4 is 11.9 Å². The topological polar surface area (TPSA) is 48.2 Å². The van der Waals surface area contributed by atoms with Gasteiger partial charge in [0.05, 0.1) is 26.0 Å². The number of imidazole rings is 1. The molecule has 0 radical (unpaired) electrons. The third-order valence-electron chi connectivity index (χ3n) is 6.03. The van der Waals surface area contributed by atoms with Gasteiger partial charge in [-0.2, -0.15) is 0 Å². The molecule has 3 rings (SSSR count). The molecular formula is C29H39BrN2O3. The van der Waals surface area contributed by atoms with Gasteiger partial charge in [0.25, 0.3) is 0 Å². The molecule has 0 aliphatic carbocycles. The van der Waals surface area contributed by atoms with Gasteiger partial charge in [0.1, 0.15) is 23.9 Å². The Morgan fingerprint density at radius 3 is 2.49 bits per heavy atom. The van der Waals surface area contributed by atoms with Crippen molar-refractivity contribution in [1.29, 1.82) is 0 Å². The van der Waals surface area contributed by atoms with E-state index < -0.39 is 0 Å². The van der Waals surface area contributed by atoms with E-state index in [0.717, 1.165) is 25.1 Å². The summed E-state index contributed by atoms with van der Waals surface area (Å²) < 4.78 is 15.9. The zero-order valence-electron chi connectivity index (χ0n) is 21.1. The number of carbonyl (C=O) groups is 1. The van der Waals surface area contributed by atoms with Crippen LogP contribution in [0.15, 0.2) is 71.9 Å². The highest BCUT2D eigenvalue weighted by Crippen LogP contribution is 2.20. The molecule has 0 aliphatic heterocycles. The summed E-state index contributed by atoms with van der Waals surface area (Å²) in [5.74, 6) is 1.46. The second-order valence-electron chi connectivity index (χ2n) is 8.99. The number of hydrogen-bond acceptors (Lipinski definition) is 3. The van der Waals surface area contributed by atoms with E-state index in [-0.39, 0.29) is 28.9 Å². The second-order valence-corrected chi connectivity index (χ2v) is 8.99.